The van der Waals surface area contributed by atoms with E-state index in [4.69, 9.17) is 4.74 Å². The third kappa shape index (κ3) is 4.27. The second kappa shape index (κ2) is 8.38. The van der Waals surface area contributed by atoms with E-state index in [9.17, 15) is 12.8 Å². The van der Waals surface area contributed by atoms with Gasteiger partial charge >= 0.3 is 0 Å². The minimum Gasteiger partial charge on any atom is -0.369 e. The molecule has 2 aromatic heterocycles. The number of halogens is 1. The average molecular weight is 430 g/mol. The highest BCUT2D eigenvalue weighted by atomic mass is 32.2. The lowest BCUT2D eigenvalue weighted by atomic mass is 10.2. The van der Waals surface area contributed by atoms with Gasteiger partial charge in [0.05, 0.1) is 29.6 Å². The van der Waals surface area contributed by atoms with E-state index in [-0.39, 0.29) is 24.6 Å². The van der Waals surface area contributed by atoms with Crippen molar-refractivity contribution in [3.8, 4) is 0 Å². The molecule has 9 nitrogen and oxygen atoms in total. The van der Waals surface area contributed by atoms with Crippen LogP contribution in [0.4, 0.5) is 16.2 Å². The van der Waals surface area contributed by atoms with Crippen molar-refractivity contribution in [3.63, 3.8) is 0 Å². The van der Waals surface area contributed by atoms with Crippen molar-refractivity contribution in [2.75, 3.05) is 25.0 Å². The summed E-state index contributed by atoms with van der Waals surface area (Å²) in [5, 5.41) is 2.94. The number of morpholine rings is 1. The molecule has 0 aliphatic carbocycles. The highest BCUT2D eigenvalue weighted by Gasteiger charge is 2.32. The quantitative estimate of drug-likeness (QED) is 0.656. The topological polar surface area (TPSA) is 110 Å². The number of aryl methyl sites for hydroxylation is 1. The SMILES string of the molecule is Cc1ccc(S(=O)(=O)N2CCO[C@H](c3cncc(Nc4ncccn4)n3)C2)cc1F. The van der Waals surface area contributed by atoms with E-state index in [1.807, 2.05) is 0 Å². The summed E-state index contributed by atoms with van der Waals surface area (Å²) < 4.78 is 46.9. The summed E-state index contributed by atoms with van der Waals surface area (Å²) in [4.78, 5) is 16.6. The van der Waals surface area contributed by atoms with Crippen LogP contribution in [0.1, 0.15) is 17.4 Å². The second-order valence-corrected chi connectivity index (χ2v) is 8.60. The number of nitrogens with one attached hydrogen (secondary N) is 1. The summed E-state index contributed by atoms with van der Waals surface area (Å²) in [7, 11) is -3.87. The smallest absolute Gasteiger partial charge is 0.243 e. The van der Waals surface area contributed by atoms with Crippen LogP contribution in [0.3, 0.4) is 0 Å². The van der Waals surface area contributed by atoms with Crippen molar-refractivity contribution in [1.29, 1.82) is 0 Å². The number of rotatable bonds is 5. The number of aromatic nitrogens is 4. The van der Waals surface area contributed by atoms with E-state index >= 15 is 0 Å². The minimum atomic E-state index is -3.87. The average Bonchev–Trinajstić information content (AvgIpc) is 2.76. The van der Waals surface area contributed by atoms with Gasteiger partial charge < -0.3 is 10.1 Å². The molecule has 11 heteroatoms. The van der Waals surface area contributed by atoms with Crippen molar-refractivity contribution in [3.05, 3.63) is 66.1 Å². The summed E-state index contributed by atoms with van der Waals surface area (Å²) in [5.74, 6) is 0.204. The molecule has 1 aliphatic heterocycles. The molecule has 0 amide bonds. The number of benzene rings is 1. The number of hydrogen-bond donors (Lipinski definition) is 1. The first-order chi connectivity index (χ1) is 14.4. The standard InChI is InChI=1S/C19H19FN6O3S/c1-13-3-4-14(9-15(13)20)30(27,28)26-7-8-29-17(12-26)16-10-21-11-18(24-16)25-19-22-5-2-6-23-19/h2-6,9-11,17H,7-8,12H2,1H3,(H,22,23,24,25)/t17-/m0/s1. The molecule has 0 unspecified atom stereocenters. The largest absolute Gasteiger partial charge is 0.369 e. The zero-order valence-corrected chi connectivity index (χ0v) is 16.9. The van der Waals surface area contributed by atoms with Gasteiger partial charge in [0.1, 0.15) is 11.9 Å². The van der Waals surface area contributed by atoms with Crippen LogP contribution < -0.4 is 5.32 Å². The molecule has 156 valence electrons. The molecule has 0 spiro atoms. The van der Waals surface area contributed by atoms with Gasteiger partial charge in [0.15, 0.2) is 5.82 Å². The molecule has 0 radical (unpaired) electrons. The summed E-state index contributed by atoms with van der Waals surface area (Å²) in [6.45, 7) is 1.96. The van der Waals surface area contributed by atoms with Crippen molar-refractivity contribution in [2.45, 2.75) is 17.9 Å². The summed E-state index contributed by atoms with van der Waals surface area (Å²) in [6, 6.07) is 5.59. The van der Waals surface area contributed by atoms with Gasteiger partial charge in [-0.1, -0.05) is 6.07 Å². The Morgan fingerprint density at radius 1 is 1.23 bits per heavy atom. The normalized spacial score (nSPS) is 17.6. The lowest BCUT2D eigenvalue weighted by Crippen LogP contribution is -2.42. The number of hydrogen-bond acceptors (Lipinski definition) is 8. The number of ether oxygens (including phenoxy) is 1. The van der Waals surface area contributed by atoms with Crippen molar-refractivity contribution in [2.24, 2.45) is 0 Å². The Morgan fingerprint density at radius 3 is 2.80 bits per heavy atom. The lowest BCUT2D eigenvalue weighted by Gasteiger charge is -2.31. The Hall–Kier alpha value is -3.02. The molecule has 30 heavy (non-hydrogen) atoms. The second-order valence-electron chi connectivity index (χ2n) is 6.66. The first-order valence-corrected chi connectivity index (χ1v) is 10.6. The van der Waals surface area contributed by atoms with Crippen molar-refractivity contribution >= 4 is 21.8 Å². The van der Waals surface area contributed by atoms with Crippen LogP contribution in [-0.2, 0) is 14.8 Å². The molecule has 0 saturated carbocycles. The Labute approximate surface area is 173 Å². The molecule has 1 N–H and O–H groups in total. The van der Waals surface area contributed by atoms with Gasteiger partial charge in [-0.15, -0.1) is 0 Å². The van der Waals surface area contributed by atoms with Gasteiger partial charge in [-0.05, 0) is 30.7 Å². The zero-order valence-electron chi connectivity index (χ0n) is 16.1. The van der Waals surface area contributed by atoms with E-state index in [0.29, 0.717) is 23.0 Å². The molecule has 3 heterocycles. The van der Waals surface area contributed by atoms with Gasteiger partial charge in [-0.3, -0.25) is 4.98 Å². The van der Waals surface area contributed by atoms with Crippen molar-refractivity contribution in [1.82, 2.24) is 24.2 Å². The van der Waals surface area contributed by atoms with Crippen LogP contribution in [0.2, 0.25) is 0 Å². The minimum absolute atomic E-state index is 0.0395. The van der Waals surface area contributed by atoms with Gasteiger partial charge in [-0.25, -0.2) is 27.8 Å². The van der Waals surface area contributed by atoms with E-state index in [2.05, 4.69) is 25.3 Å². The van der Waals surface area contributed by atoms with Crippen LogP contribution in [0, 0.1) is 12.7 Å². The summed E-state index contributed by atoms with van der Waals surface area (Å²) in [6.07, 6.45) is 5.59. The number of nitrogens with zero attached hydrogens (tertiary/aromatic N) is 5. The van der Waals surface area contributed by atoms with Gasteiger partial charge in [0, 0.05) is 25.5 Å². The molecule has 1 aromatic carbocycles. The number of anilines is 2. The maximum absolute atomic E-state index is 13.9. The molecular formula is C19H19FN6O3S. The van der Waals surface area contributed by atoms with Crippen LogP contribution in [0.5, 0.6) is 0 Å². The maximum Gasteiger partial charge on any atom is 0.243 e. The fourth-order valence-electron chi connectivity index (χ4n) is 2.98. The fourth-order valence-corrected chi connectivity index (χ4v) is 4.42. The molecule has 1 saturated heterocycles. The zero-order chi connectivity index (χ0) is 21.1. The van der Waals surface area contributed by atoms with E-state index in [0.717, 1.165) is 6.07 Å². The highest BCUT2D eigenvalue weighted by Crippen LogP contribution is 2.26. The first kappa shape index (κ1) is 20.3. The summed E-state index contributed by atoms with van der Waals surface area (Å²) in [5.41, 5.74) is 0.849. The van der Waals surface area contributed by atoms with E-state index in [1.165, 1.54) is 28.8 Å². The Bertz CT molecular complexity index is 1150. The van der Waals surface area contributed by atoms with E-state index < -0.39 is 21.9 Å². The lowest BCUT2D eigenvalue weighted by molar-refractivity contribution is -0.00507. The molecule has 4 rings (SSSR count). The summed E-state index contributed by atoms with van der Waals surface area (Å²) >= 11 is 0. The predicted octanol–water partition coefficient (Wildman–Crippen LogP) is 2.22. The van der Waals surface area contributed by atoms with Gasteiger partial charge in [-0.2, -0.15) is 4.31 Å². The Morgan fingerprint density at radius 2 is 2.03 bits per heavy atom. The van der Waals surface area contributed by atoms with Crippen LogP contribution >= 0.6 is 0 Å². The Kier molecular flexibility index (Phi) is 5.66. The molecule has 3 aromatic rings. The van der Waals surface area contributed by atoms with Crippen LogP contribution in [0.15, 0.2) is 53.9 Å². The molecule has 1 aliphatic rings. The monoisotopic (exact) mass is 430 g/mol. The molecule has 1 fully saturated rings. The highest BCUT2D eigenvalue weighted by molar-refractivity contribution is 7.89. The molecule has 0 bridgehead atoms. The van der Waals surface area contributed by atoms with Crippen LogP contribution in [0.25, 0.3) is 0 Å². The molecular weight excluding hydrogens is 411 g/mol. The van der Waals surface area contributed by atoms with Gasteiger partial charge in [0.2, 0.25) is 16.0 Å². The predicted molar refractivity (Wildman–Crippen MR) is 106 cm³/mol. The number of sulfonamides is 1. The fraction of sp³-hybridized carbons (Fsp3) is 0.263. The molecule has 1 atom stereocenters. The third-order valence-electron chi connectivity index (χ3n) is 4.60. The van der Waals surface area contributed by atoms with Gasteiger partial charge in [0.25, 0.3) is 0 Å². The van der Waals surface area contributed by atoms with Crippen molar-refractivity contribution < 1.29 is 17.5 Å². The van der Waals surface area contributed by atoms with Crippen LogP contribution in [-0.4, -0.2) is 52.4 Å². The van der Waals surface area contributed by atoms with E-state index in [1.54, 1.807) is 25.4 Å². The first-order valence-electron chi connectivity index (χ1n) is 9.17. The Balaban J connectivity index is 1.54. The maximum atomic E-state index is 13.9. The third-order valence-corrected chi connectivity index (χ3v) is 6.46.